The van der Waals surface area contributed by atoms with Crippen molar-refractivity contribution < 1.29 is 14.0 Å². The van der Waals surface area contributed by atoms with E-state index in [1.165, 1.54) is 38.5 Å². The van der Waals surface area contributed by atoms with Crippen LogP contribution in [0.1, 0.15) is 90.9 Å². The molecule has 2 fully saturated rings. The first-order chi connectivity index (χ1) is 13.7. The summed E-state index contributed by atoms with van der Waals surface area (Å²) >= 11 is 0. The second-order valence-electron chi connectivity index (χ2n) is 8.16. The van der Waals surface area contributed by atoms with Crippen LogP contribution in [0.25, 0.3) is 0 Å². The van der Waals surface area contributed by atoms with Gasteiger partial charge in [-0.15, -0.1) is 0 Å². The molecule has 4 heteroatoms. The molecule has 0 aliphatic heterocycles. The maximum Gasteiger partial charge on any atom is 0.290 e. The molecule has 0 unspecified atom stereocenters. The minimum Gasteiger partial charge on any atom is -0.447 e. The zero-order chi connectivity index (χ0) is 19.3. The van der Waals surface area contributed by atoms with Gasteiger partial charge in [-0.2, -0.15) is 0 Å². The van der Waals surface area contributed by atoms with Gasteiger partial charge in [-0.3, -0.25) is 9.59 Å². The van der Waals surface area contributed by atoms with Gasteiger partial charge in [-0.05, 0) is 37.8 Å². The topological polar surface area (TPSA) is 50.5 Å². The molecule has 2 saturated carbocycles. The standard InChI is InChI=1S/C24H29NO3/c26-23(18-10-4-1-5-11-18)21-16-17-22(28-21)24(27)25(19-12-6-2-7-13-19)20-14-8-3-9-15-20/h1,4-5,10-11,16-17,19-20H,2-3,6-9,12-15H2. The lowest BCUT2D eigenvalue weighted by Gasteiger charge is -2.41. The van der Waals surface area contributed by atoms with Crippen LogP contribution in [0.3, 0.4) is 0 Å². The van der Waals surface area contributed by atoms with Crippen molar-refractivity contribution in [2.24, 2.45) is 0 Å². The van der Waals surface area contributed by atoms with Crippen molar-refractivity contribution in [3.8, 4) is 0 Å². The minimum absolute atomic E-state index is 0.0362. The van der Waals surface area contributed by atoms with Gasteiger partial charge in [0, 0.05) is 17.6 Å². The van der Waals surface area contributed by atoms with E-state index in [2.05, 4.69) is 4.90 Å². The van der Waals surface area contributed by atoms with Gasteiger partial charge in [0.25, 0.3) is 5.91 Å². The summed E-state index contributed by atoms with van der Waals surface area (Å²) in [4.78, 5) is 28.2. The normalized spacial score (nSPS) is 18.7. The molecule has 0 atom stereocenters. The molecule has 2 aliphatic carbocycles. The van der Waals surface area contributed by atoms with Crippen LogP contribution in [-0.4, -0.2) is 28.7 Å². The van der Waals surface area contributed by atoms with E-state index in [4.69, 9.17) is 4.42 Å². The number of hydrogen-bond acceptors (Lipinski definition) is 3. The summed E-state index contributed by atoms with van der Waals surface area (Å²) in [6, 6.07) is 13.0. The molecule has 1 amide bonds. The first-order valence-corrected chi connectivity index (χ1v) is 10.8. The van der Waals surface area contributed by atoms with Crippen molar-refractivity contribution in [1.82, 2.24) is 4.90 Å². The molecule has 1 aromatic heterocycles. The van der Waals surface area contributed by atoms with E-state index in [0.29, 0.717) is 23.4 Å². The lowest BCUT2D eigenvalue weighted by molar-refractivity contribution is 0.0416. The van der Waals surface area contributed by atoms with E-state index in [1.807, 2.05) is 18.2 Å². The fraction of sp³-hybridized carbons (Fsp3) is 0.500. The molecule has 0 radical (unpaired) electrons. The van der Waals surface area contributed by atoms with Crippen LogP contribution in [0.4, 0.5) is 0 Å². The molecular weight excluding hydrogens is 350 g/mol. The molecule has 1 heterocycles. The number of ketones is 1. The van der Waals surface area contributed by atoms with Crippen LogP contribution in [-0.2, 0) is 0 Å². The Hall–Kier alpha value is -2.36. The average molecular weight is 380 g/mol. The van der Waals surface area contributed by atoms with Crippen molar-refractivity contribution in [3.05, 3.63) is 59.5 Å². The van der Waals surface area contributed by atoms with Gasteiger partial charge in [-0.1, -0.05) is 68.9 Å². The summed E-state index contributed by atoms with van der Waals surface area (Å²) in [5, 5.41) is 0. The fourth-order valence-corrected chi connectivity index (χ4v) is 4.78. The molecule has 148 valence electrons. The van der Waals surface area contributed by atoms with Gasteiger partial charge >= 0.3 is 0 Å². The molecule has 0 N–H and O–H groups in total. The molecule has 2 aliphatic rings. The van der Waals surface area contributed by atoms with E-state index in [1.54, 1.807) is 24.3 Å². The quantitative estimate of drug-likeness (QED) is 0.634. The second-order valence-corrected chi connectivity index (χ2v) is 8.16. The number of furan rings is 1. The highest BCUT2D eigenvalue weighted by atomic mass is 16.4. The monoisotopic (exact) mass is 379 g/mol. The van der Waals surface area contributed by atoms with Crippen molar-refractivity contribution in [2.75, 3.05) is 0 Å². The number of nitrogens with zero attached hydrogens (tertiary/aromatic N) is 1. The highest BCUT2D eigenvalue weighted by Crippen LogP contribution is 2.32. The lowest BCUT2D eigenvalue weighted by atomic mass is 9.88. The zero-order valence-electron chi connectivity index (χ0n) is 16.4. The molecular formula is C24H29NO3. The molecule has 2 aromatic rings. The lowest BCUT2D eigenvalue weighted by Crippen LogP contribution is -2.48. The van der Waals surface area contributed by atoms with Gasteiger partial charge in [0.2, 0.25) is 5.78 Å². The Morgan fingerprint density at radius 3 is 1.82 bits per heavy atom. The first-order valence-electron chi connectivity index (χ1n) is 10.8. The Balaban J connectivity index is 1.56. The number of amides is 1. The molecule has 4 rings (SSSR count). The van der Waals surface area contributed by atoms with Crippen LogP contribution in [0.2, 0.25) is 0 Å². The number of benzene rings is 1. The van der Waals surface area contributed by atoms with Gasteiger partial charge in [0.05, 0.1) is 0 Å². The van der Waals surface area contributed by atoms with E-state index in [-0.39, 0.29) is 17.5 Å². The summed E-state index contributed by atoms with van der Waals surface area (Å²) in [5.74, 6) is 0.324. The van der Waals surface area contributed by atoms with E-state index < -0.39 is 0 Å². The molecule has 4 nitrogen and oxygen atoms in total. The number of carbonyl (C=O) groups is 2. The highest BCUT2D eigenvalue weighted by molar-refractivity contribution is 6.07. The zero-order valence-corrected chi connectivity index (χ0v) is 16.4. The minimum atomic E-state index is -0.179. The number of hydrogen-bond donors (Lipinski definition) is 0. The Kier molecular flexibility index (Phi) is 5.94. The van der Waals surface area contributed by atoms with Crippen molar-refractivity contribution >= 4 is 11.7 Å². The van der Waals surface area contributed by atoms with Gasteiger partial charge < -0.3 is 9.32 Å². The SMILES string of the molecule is O=C(c1ccccc1)c1ccc(C(=O)N(C2CCCCC2)C2CCCCC2)o1. The molecule has 1 aromatic carbocycles. The molecule has 0 spiro atoms. The Bertz CT molecular complexity index is 780. The summed E-state index contributed by atoms with van der Waals surface area (Å²) in [7, 11) is 0. The highest BCUT2D eigenvalue weighted by Gasteiger charge is 2.34. The van der Waals surface area contributed by atoms with Crippen molar-refractivity contribution in [3.63, 3.8) is 0 Å². The van der Waals surface area contributed by atoms with Gasteiger partial charge in [0.1, 0.15) is 0 Å². The van der Waals surface area contributed by atoms with Crippen LogP contribution in [0.5, 0.6) is 0 Å². The second kappa shape index (κ2) is 8.76. The van der Waals surface area contributed by atoms with Crippen LogP contribution in [0.15, 0.2) is 46.9 Å². The van der Waals surface area contributed by atoms with Crippen LogP contribution in [0, 0.1) is 0 Å². The third kappa shape index (κ3) is 4.06. The van der Waals surface area contributed by atoms with Gasteiger partial charge in [0.15, 0.2) is 11.5 Å². The summed E-state index contributed by atoms with van der Waals surface area (Å²) in [6.45, 7) is 0. The van der Waals surface area contributed by atoms with Crippen molar-refractivity contribution in [1.29, 1.82) is 0 Å². The van der Waals surface area contributed by atoms with Crippen LogP contribution < -0.4 is 0 Å². The maximum absolute atomic E-state index is 13.4. The predicted molar refractivity (Wildman–Crippen MR) is 108 cm³/mol. The number of rotatable bonds is 5. The number of carbonyl (C=O) groups excluding carboxylic acids is 2. The summed E-state index contributed by atoms with van der Waals surface area (Å²) in [6.07, 6.45) is 11.6. The Morgan fingerprint density at radius 2 is 1.25 bits per heavy atom. The maximum atomic E-state index is 13.4. The van der Waals surface area contributed by atoms with E-state index >= 15 is 0 Å². The smallest absolute Gasteiger partial charge is 0.290 e. The Morgan fingerprint density at radius 1 is 0.714 bits per heavy atom. The molecule has 28 heavy (non-hydrogen) atoms. The van der Waals surface area contributed by atoms with Crippen molar-refractivity contribution in [2.45, 2.75) is 76.3 Å². The molecule has 0 saturated heterocycles. The first kappa shape index (κ1) is 19.0. The van der Waals surface area contributed by atoms with E-state index in [9.17, 15) is 9.59 Å². The largest absolute Gasteiger partial charge is 0.447 e. The summed E-state index contributed by atoms with van der Waals surface area (Å²) < 4.78 is 5.78. The molecule has 0 bridgehead atoms. The third-order valence-electron chi connectivity index (χ3n) is 6.25. The Labute approximate surface area is 166 Å². The van der Waals surface area contributed by atoms with Crippen LogP contribution >= 0.6 is 0 Å². The van der Waals surface area contributed by atoms with Gasteiger partial charge in [-0.25, -0.2) is 0 Å². The predicted octanol–water partition coefficient (Wildman–Crippen LogP) is 5.62. The summed E-state index contributed by atoms with van der Waals surface area (Å²) in [5.41, 5.74) is 0.576. The fourth-order valence-electron chi connectivity index (χ4n) is 4.78. The van der Waals surface area contributed by atoms with E-state index in [0.717, 1.165) is 25.7 Å². The average Bonchev–Trinajstić information content (AvgIpc) is 3.26. The third-order valence-corrected chi connectivity index (χ3v) is 6.25.